The second-order valence-corrected chi connectivity index (χ2v) is 8.54. The van der Waals surface area contributed by atoms with E-state index in [4.69, 9.17) is 40.2 Å². The Hall–Kier alpha value is -3.13. The Morgan fingerprint density at radius 3 is 2.45 bits per heavy atom. The largest absolute Gasteiger partial charge is 0.495 e. The molecule has 0 bridgehead atoms. The number of carbonyl (C=O) groups excluding carboxylic acids is 2. The summed E-state index contributed by atoms with van der Waals surface area (Å²) in [6.07, 6.45) is 1.55. The third-order valence-electron chi connectivity index (χ3n) is 5.37. The number of carbonyl (C=O) groups is 2. The molecule has 0 spiro atoms. The van der Waals surface area contributed by atoms with Crippen molar-refractivity contribution < 1.29 is 14.3 Å². The third kappa shape index (κ3) is 4.04. The highest BCUT2D eigenvalue weighted by Crippen LogP contribution is 2.34. The van der Waals surface area contributed by atoms with Crippen LogP contribution in [0.5, 0.6) is 5.75 Å². The van der Waals surface area contributed by atoms with E-state index < -0.39 is 11.8 Å². The van der Waals surface area contributed by atoms with Gasteiger partial charge in [-0.2, -0.15) is 0 Å². The van der Waals surface area contributed by atoms with Gasteiger partial charge in [-0.3, -0.25) is 14.9 Å². The van der Waals surface area contributed by atoms with Crippen LogP contribution in [0.15, 0.2) is 54.1 Å². The van der Waals surface area contributed by atoms with E-state index in [1.807, 2.05) is 36.6 Å². The first kappa shape index (κ1) is 23.0. The summed E-state index contributed by atoms with van der Waals surface area (Å²) in [6, 6.07) is 14.2. The Morgan fingerprint density at radius 2 is 1.73 bits per heavy atom. The minimum Gasteiger partial charge on any atom is -0.495 e. The van der Waals surface area contributed by atoms with E-state index in [-0.39, 0.29) is 10.7 Å². The number of anilines is 1. The normalized spacial score (nSPS) is 15.2. The number of methoxy groups -OCH3 is 1. The van der Waals surface area contributed by atoms with Crippen LogP contribution in [0.2, 0.25) is 10.0 Å². The van der Waals surface area contributed by atoms with Gasteiger partial charge in [0, 0.05) is 11.4 Å². The van der Waals surface area contributed by atoms with Gasteiger partial charge in [0.05, 0.1) is 28.5 Å². The molecule has 168 valence electrons. The van der Waals surface area contributed by atoms with Gasteiger partial charge in [0.15, 0.2) is 5.11 Å². The molecule has 2 amide bonds. The zero-order valence-corrected chi connectivity index (χ0v) is 20.3. The second-order valence-electron chi connectivity index (χ2n) is 7.36. The molecule has 0 radical (unpaired) electrons. The van der Waals surface area contributed by atoms with E-state index in [2.05, 4.69) is 5.32 Å². The molecule has 1 aromatic heterocycles. The van der Waals surface area contributed by atoms with Gasteiger partial charge in [-0.25, -0.2) is 4.90 Å². The number of amides is 2. The number of thiocarbonyl (C=S) groups is 1. The molecular weight excluding hydrogens is 481 g/mol. The molecule has 2 heterocycles. The van der Waals surface area contributed by atoms with Gasteiger partial charge in [0.2, 0.25) is 0 Å². The molecule has 6 nitrogen and oxygen atoms in total. The monoisotopic (exact) mass is 499 g/mol. The smallest absolute Gasteiger partial charge is 0.270 e. The maximum atomic E-state index is 13.4. The van der Waals surface area contributed by atoms with Gasteiger partial charge in [-0.15, -0.1) is 0 Å². The summed E-state index contributed by atoms with van der Waals surface area (Å²) in [6.45, 7) is 3.79. The summed E-state index contributed by atoms with van der Waals surface area (Å²) in [5.41, 5.74) is 3.45. The summed E-state index contributed by atoms with van der Waals surface area (Å²) < 4.78 is 7.30. The molecule has 0 unspecified atom stereocenters. The molecule has 1 saturated heterocycles. The standard InChI is InChI=1S/C24H19Cl2N3O3S/c1-13-11-15(14(2)28(13)19-9-6-7-17(25)21(19)26)12-16-22(30)27-24(33)29(23(16)31)18-8-4-5-10-20(18)32-3/h4-12H,1-3H3,(H,27,30,33)/b16-12+. The molecule has 9 heteroatoms. The number of halogens is 2. The van der Waals surface area contributed by atoms with Gasteiger partial charge in [0.1, 0.15) is 11.3 Å². The van der Waals surface area contributed by atoms with E-state index in [1.54, 1.807) is 36.4 Å². The average Bonchev–Trinajstić information content (AvgIpc) is 3.06. The minimum atomic E-state index is -0.568. The zero-order chi connectivity index (χ0) is 23.9. The molecular formula is C24H19Cl2N3O3S. The van der Waals surface area contributed by atoms with Crippen LogP contribution in [0.1, 0.15) is 17.0 Å². The van der Waals surface area contributed by atoms with Crippen molar-refractivity contribution >= 4 is 64.1 Å². The first-order chi connectivity index (χ1) is 15.7. The SMILES string of the molecule is COc1ccccc1N1C(=O)/C(=C/c2cc(C)n(-c3cccc(Cl)c3Cl)c2C)C(=O)NC1=S. The maximum Gasteiger partial charge on any atom is 0.270 e. The fourth-order valence-corrected chi connectivity index (χ4v) is 4.47. The van der Waals surface area contributed by atoms with Gasteiger partial charge in [0.25, 0.3) is 11.8 Å². The lowest BCUT2D eigenvalue weighted by Gasteiger charge is -2.29. The first-order valence-corrected chi connectivity index (χ1v) is 11.1. The number of para-hydroxylation sites is 2. The molecule has 4 rings (SSSR count). The summed E-state index contributed by atoms with van der Waals surface area (Å²) in [5, 5.41) is 3.44. The minimum absolute atomic E-state index is 0.0113. The van der Waals surface area contributed by atoms with E-state index in [0.717, 1.165) is 11.4 Å². The van der Waals surface area contributed by atoms with Crippen molar-refractivity contribution in [1.29, 1.82) is 0 Å². The van der Waals surface area contributed by atoms with Crippen LogP contribution in [0, 0.1) is 13.8 Å². The zero-order valence-electron chi connectivity index (χ0n) is 18.0. The molecule has 1 aliphatic rings. The van der Waals surface area contributed by atoms with Crippen LogP contribution >= 0.6 is 35.4 Å². The molecule has 1 aliphatic heterocycles. The number of nitrogens with one attached hydrogen (secondary N) is 1. The Kier molecular flexibility index (Phi) is 6.30. The van der Waals surface area contributed by atoms with Gasteiger partial charge < -0.3 is 9.30 Å². The van der Waals surface area contributed by atoms with E-state index in [9.17, 15) is 9.59 Å². The Labute approximate surface area is 206 Å². The highest BCUT2D eigenvalue weighted by Gasteiger charge is 2.36. The Balaban J connectivity index is 1.80. The number of nitrogens with zero attached hydrogens (tertiary/aromatic N) is 2. The van der Waals surface area contributed by atoms with Crippen LogP contribution in [-0.4, -0.2) is 28.6 Å². The number of aromatic nitrogens is 1. The van der Waals surface area contributed by atoms with Gasteiger partial charge >= 0.3 is 0 Å². The first-order valence-electron chi connectivity index (χ1n) is 9.92. The predicted molar refractivity (Wildman–Crippen MR) is 134 cm³/mol. The summed E-state index contributed by atoms with van der Waals surface area (Å²) in [7, 11) is 1.50. The number of hydrogen-bond acceptors (Lipinski definition) is 4. The predicted octanol–water partition coefficient (Wildman–Crippen LogP) is 5.24. The molecule has 2 aromatic carbocycles. The van der Waals surface area contributed by atoms with Crippen LogP contribution in [0.25, 0.3) is 11.8 Å². The summed E-state index contributed by atoms with van der Waals surface area (Å²) in [5.74, 6) is -0.655. The molecule has 1 fully saturated rings. The number of aryl methyl sites for hydroxylation is 1. The van der Waals surface area contributed by atoms with Crippen LogP contribution in [-0.2, 0) is 9.59 Å². The van der Waals surface area contributed by atoms with Crippen molar-refractivity contribution in [3.8, 4) is 11.4 Å². The van der Waals surface area contributed by atoms with Crippen LogP contribution < -0.4 is 15.0 Å². The van der Waals surface area contributed by atoms with E-state index >= 15 is 0 Å². The lowest BCUT2D eigenvalue weighted by atomic mass is 10.1. The van der Waals surface area contributed by atoms with E-state index in [1.165, 1.54) is 12.0 Å². The van der Waals surface area contributed by atoms with E-state index in [0.29, 0.717) is 32.7 Å². The molecule has 1 N–H and O–H groups in total. The molecule has 0 saturated carbocycles. The quantitative estimate of drug-likeness (QED) is 0.302. The Morgan fingerprint density at radius 1 is 1.03 bits per heavy atom. The van der Waals surface area contributed by atoms with Crippen LogP contribution in [0.3, 0.4) is 0 Å². The number of hydrogen-bond donors (Lipinski definition) is 1. The third-order valence-corrected chi connectivity index (χ3v) is 6.46. The molecule has 33 heavy (non-hydrogen) atoms. The highest BCUT2D eigenvalue weighted by atomic mass is 35.5. The van der Waals surface area contributed by atoms with Crippen molar-refractivity contribution in [3.63, 3.8) is 0 Å². The fourth-order valence-electron chi connectivity index (χ4n) is 3.82. The van der Waals surface area contributed by atoms with Crippen molar-refractivity contribution in [2.45, 2.75) is 13.8 Å². The lowest BCUT2D eigenvalue weighted by Crippen LogP contribution is -2.54. The average molecular weight is 500 g/mol. The molecule has 3 aromatic rings. The summed E-state index contributed by atoms with van der Waals surface area (Å²) in [4.78, 5) is 27.4. The Bertz CT molecular complexity index is 1350. The lowest BCUT2D eigenvalue weighted by molar-refractivity contribution is -0.122. The molecule has 0 aliphatic carbocycles. The maximum absolute atomic E-state index is 13.4. The highest BCUT2D eigenvalue weighted by molar-refractivity contribution is 7.80. The second kappa shape index (κ2) is 9.02. The molecule has 0 atom stereocenters. The fraction of sp³-hybridized carbons (Fsp3) is 0.125. The van der Waals surface area contributed by atoms with Crippen molar-refractivity contribution in [1.82, 2.24) is 9.88 Å². The van der Waals surface area contributed by atoms with Crippen molar-refractivity contribution in [2.75, 3.05) is 12.0 Å². The van der Waals surface area contributed by atoms with Crippen molar-refractivity contribution in [3.05, 3.63) is 81.1 Å². The number of rotatable bonds is 4. The number of ether oxygens (including phenoxy) is 1. The van der Waals surface area contributed by atoms with Crippen LogP contribution in [0.4, 0.5) is 5.69 Å². The topological polar surface area (TPSA) is 63.6 Å². The van der Waals surface area contributed by atoms with Crippen molar-refractivity contribution in [2.24, 2.45) is 0 Å². The summed E-state index contributed by atoms with van der Waals surface area (Å²) >= 11 is 17.9. The number of benzene rings is 2. The van der Waals surface area contributed by atoms with Gasteiger partial charge in [-0.1, -0.05) is 41.4 Å². The van der Waals surface area contributed by atoms with Gasteiger partial charge in [-0.05, 0) is 68.0 Å².